The zero-order valence-corrected chi connectivity index (χ0v) is 4.56. The Balaban J connectivity index is 0.000000162. The molecule has 1 aromatic heterocycles. The quantitative estimate of drug-likeness (QED) is 0.461. The molecule has 1 aromatic rings. The number of hydrogen-bond acceptors (Lipinski definition) is 2. The van der Waals surface area contributed by atoms with Gasteiger partial charge >= 0.3 is 0 Å². The van der Waals surface area contributed by atoms with Crippen molar-refractivity contribution in [2.45, 2.75) is 0 Å². The molecule has 1 heterocycles. The summed E-state index contributed by atoms with van der Waals surface area (Å²) < 4.78 is 0. The molecular formula is C5H5NS. The van der Waals surface area contributed by atoms with Gasteiger partial charge in [0.25, 0.3) is 0 Å². The standard InChI is InChI=1S/C3H3NS.C2H2/c1-2-5-3-4-1;1-2/h1-3H;1-2H. The number of aromatic nitrogens is 1. The van der Waals surface area contributed by atoms with Crippen molar-refractivity contribution in [3.63, 3.8) is 0 Å². The molecule has 0 aliphatic heterocycles. The van der Waals surface area contributed by atoms with Crippen LogP contribution in [-0.2, 0) is 0 Å². The molecule has 1 nitrogen and oxygen atoms in total. The average molecular weight is 111 g/mol. The summed E-state index contributed by atoms with van der Waals surface area (Å²) in [5.41, 5.74) is 1.79. The van der Waals surface area contributed by atoms with Gasteiger partial charge in [0.15, 0.2) is 0 Å². The van der Waals surface area contributed by atoms with Crippen molar-refractivity contribution >= 4 is 11.3 Å². The second-order valence-electron chi connectivity index (χ2n) is 0.676. The Bertz CT molecular complexity index is 91.7. The normalized spacial score (nSPS) is 6.00. The van der Waals surface area contributed by atoms with Crippen LogP contribution in [0.25, 0.3) is 0 Å². The molecule has 1 rings (SSSR count). The van der Waals surface area contributed by atoms with Crippen LogP contribution >= 0.6 is 11.3 Å². The van der Waals surface area contributed by atoms with Crippen LogP contribution in [0.15, 0.2) is 17.1 Å². The third-order valence-corrected chi connectivity index (χ3v) is 0.869. The molecule has 36 valence electrons. The fraction of sp³-hybridized carbons (Fsp3) is 0. The lowest BCUT2D eigenvalue weighted by Crippen LogP contribution is -1.38. The first-order valence-corrected chi connectivity index (χ1v) is 2.60. The predicted molar refractivity (Wildman–Crippen MR) is 32.0 cm³/mol. The van der Waals surface area contributed by atoms with Crippen molar-refractivity contribution in [1.82, 2.24) is 4.98 Å². The average Bonchev–Trinajstić information content (AvgIpc) is 2.23. The molecule has 0 aromatic carbocycles. The third-order valence-electron chi connectivity index (χ3n) is 0.347. The summed E-state index contributed by atoms with van der Waals surface area (Å²) in [6.07, 6.45) is 9.77. The maximum atomic E-state index is 4.00. The van der Waals surface area contributed by atoms with Gasteiger partial charge in [0, 0.05) is 11.6 Å². The zero-order valence-electron chi connectivity index (χ0n) is 3.74. The molecule has 0 N–H and O–H groups in total. The predicted octanol–water partition coefficient (Wildman–Crippen LogP) is 1.39. The van der Waals surface area contributed by atoms with E-state index in [2.05, 4.69) is 17.8 Å². The van der Waals surface area contributed by atoms with E-state index in [1.165, 1.54) is 0 Å². The van der Waals surface area contributed by atoms with Gasteiger partial charge in [-0.3, -0.25) is 4.98 Å². The van der Waals surface area contributed by atoms with Crippen molar-refractivity contribution in [2.24, 2.45) is 0 Å². The maximum absolute atomic E-state index is 4.00. The van der Waals surface area contributed by atoms with Gasteiger partial charge in [-0.2, -0.15) is 0 Å². The minimum absolute atomic E-state index is 1.60. The topological polar surface area (TPSA) is 12.9 Å². The Kier molecular flexibility index (Phi) is 4.59. The van der Waals surface area contributed by atoms with E-state index >= 15 is 0 Å². The van der Waals surface area contributed by atoms with Gasteiger partial charge < -0.3 is 0 Å². The summed E-state index contributed by atoms with van der Waals surface area (Å²) in [5, 5.41) is 1.93. The Labute approximate surface area is 47.0 Å². The third kappa shape index (κ3) is 3.01. The van der Waals surface area contributed by atoms with E-state index in [-0.39, 0.29) is 0 Å². The van der Waals surface area contributed by atoms with Crippen molar-refractivity contribution in [3.05, 3.63) is 17.1 Å². The molecular weight excluding hydrogens is 106 g/mol. The van der Waals surface area contributed by atoms with E-state index in [4.69, 9.17) is 0 Å². The van der Waals surface area contributed by atoms with Gasteiger partial charge in [-0.05, 0) is 0 Å². The van der Waals surface area contributed by atoms with Crippen molar-refractivity contribution in [1.29, 1.82) is 0 Å². The fourth-order valence-corrected chi connectivity index (χ4v) is 0.527. The zero-order chi connectivity index (χ0) is 5.54. The summed E-state index contributed by atoms with van der Waals surface area (Å²) in [6.45, 7) is 0. The molecule has 0 amide bonds. The van der Waals surface area contributed by atoms with E-state index in [0.717, 1.165) is 0 Å². The molecule has 0 fully saturated rings. The lowest BCUT2D eigenvalue weighted by atomic mass is 11.0. The highest BCUT2D eigenvalue weighted by Gasteiger charge is 1.59. The molecule has 2 heteroatoms. The van der Waals surface area contributed by atoms with Crippen LogP contribution in [0.2, 0.25) is 0 Å². The first-order chi connectivity index (χ1) is 3.50. The Hall–Kier alpha value is -0.810. The van der Waals surface area contributed by atoms with Crippen LogP contribution in [0, 0.1) is 12.8 Å². The summed E-state index contributed by atoms with van der Waals surface area (Å²) >= 11 is 1.60. The van der Waals surface area contributed by atoms with Gasteiger partial charge in [0.2, 0.25) is 0 Å². The highest BCUT2D eigenvalue weighted by molar-refractivity contribution is 7.07. The molecule has 0 spiro atoms. The molecule has 0 bridgehead atoms. The lowest BCUT2D eigenvalue weighted by Gasteiger charge is -1.41. The number of thiazole rings is 1. The largest absolute Gasteiger partial charge is 0.253 e. The number of terminal acetylenes is 1. The van der Waals surface area contributed by atoms with E-state index in [9.17, 15) is 0 Å². The van der Waals surface area contributed by atoms with Crippen LogP contribution in [0.1, 0.15) is 0 Å². The highest BCUT2D eigenvalue weighted by Crippen LogP contribution is 1.85. The lowest BCUT2D eigenvalue weighted by molar-refractivity contribution is 1.43. The van der Waals surface area contributed by atoms with Crippen molar-refractivity contribution in [3.8, 4) is 12.8 Å². The monoisotopic (exact) mass is 111 g/mol. The summed E-state index contributed by atoms with van der Waals surface area (Å²) in [6, 6.07) is 0. The molecule has 0 aliphatic rings. The van der Waals surface area contributed by atoms with Crippen LogP contribution < -0.4 is 0 Å². The number of rotatable bonds is 0. The summed E-state index contributed by atoms with van der Waals surface area (Å²) in [5.74, 6) is 0. The number of hydrogen-bond donors (Lipinski definition) is 0. The second kappa shape index (κ2) is 5.19. The summed E-state index contributed by atoms with van der Waals surface area (Å²) in [7, 11) is 0. The van der Waals surface area contributed by atoms with Crippen LogP contribution in [0.4, 0.5) is 0 Å². The van der Waals surface area contributed by atoms with Gasteiger partial charge in [-0.15, -0.1) is 24.2 Å². The summed E-state index contributed by atoms with van der Waals surface area (Å²) in [4.78, 5) is 3.74. The fourth-order valence-electron chi connectivity index (χ4n) is 0.176. The van der Waals surface area contributed by atoms with Gasteiger partial charge in [-0.1, -0.05) is 0 Å². The molecule has 0 saturated heterocycles. The molecule has 0 radical (unpaired) electrons. The first kappa shape index (κ1) is 6.19. The molecule has 7 heavy (non-hydrogen) atoms. The number of nitrogens with zero attached hydrogens (tertiary/aromatic N) is 1. The Morgan fingerprint density at radius 2 is 2.14 bits per heavy atom. The molecule has 0 unspecified atom stereocenters. The van der Waals surface area contributed by atoms with Gasteiger partial charge in [-0.25, -0.2) is 0 Å². The molecule has 0 atom stereocenters. The van der Waals surface area contributed by atoms with E-state index in [0.29, 0.717) is 0 Å². The smallest absolute Gasteiger partial charge is 0.0791 e. The molecule has 0 saturated carbocycles. The second-order valence-corrected chi connectivity index (χ2v) is 1.43. The maximum Gasteiger partial charge on any atom is 0.0791 e. The molecule has 0 aliphatic carbocycles. The van der Waals surface area contributed by atoms with Crippen LogP contribution in [0.3, 0.4) is 0 Å². The van der Waals surface area contributed by atoms with E-state index in [1.807, 2.05) is 5.38 Å². The Morgan fingerprint density at radius 1 is 1.43 bits per heavy atom. The van der Waals surface area contributed by atoms with Crippen molar-refractivity contribution < 1.29 is 0 Å². The Morgan fingerprint density at radius 3 is 2.29 bits per heavy atom. The van der Waals surface area contributed by atoms with E-state index in [1.54, 1.807) is 23.0 Å². The van der Waals surface area contributed by atoms with Gasteiger partial charge in [0.05, 0.1) is 5.51 Å². The SMILES string of the molecule is C#C.c1cscn1. The van der Waals surface area contributed by atoms with Crippen molar-refractivity contribution in [2.75, 3.05) is 0 Å². The highest BCUT2D eigenvalue weighted by atomic mass is 32.1. The van der Waals surface area contributed by atoms with E-state index < -0.39 is 0 Å². The van der Waals surface area contributed by atoms with Gasteiger partial charge in [0.1, 0.15) is 0 Å². The van der Waals surface area contributed by atoms with Crippen LogP contribution in [-0.4, -0.2) is 4.98 Å². The minimum Gasteiger partial charge on any atom is -0.253 e. The van der Waals surface area contributed by atoms with Crippen LogP contribution in [0.5, 0.6) is 0 Å². The minimum atomic E-state index is 1.60. The first-order valence-electron chi connectivity index (χ1n) is 1.65.